The van der Waals surface area contributed by atoms with Crippen LogP contribution >= 0.6 is 0 Å². The average molecular weight is 390 g/mol. The maximum absolute atomic E-state index is 12.9. The van der Waals surface area contributed by atoms with Crippen LogP contribution < -0.4 is 4.72 Å². The summed E-state index contributed by atoms with van der Waals surface area (Å²) in [5.74, 6) is -2.66. The quantitative estimate of drug-likeness (QED) is 0.677. The predicted molar refractivity (Wildman–Crippen MR) is 84.8 cm³/mol. The molecule has 2 N–H and O–H groups in total. The fourth-order valence-corrected chi connectivity index (χ4v) is 6.32. The van der Waals surface area contributed by atoms with E-state index < -0.39 is 60.7 Å². The number of carboxylic acids is 1. The number of carboxylic acid groups (broad SMARTS) is 1. The first kappa shape index (κ1) is 18.0. The minimum Gasteiger partial charge on any atom is -0.480 e. The number of amides is 1. The Kier molecular flexibility index (Phi) is 4.01. The van der Waals surface area contributed by atoms with Crippen LogP contribution in [0.2, 0.25) is 0 Å². The molecule has 4 atom stereocenters. The number of carbonyl (C=O) groups excluding carboxylic acids is 1. The van der Waals surface area contributed by atoms with Crippen molar-refractivity contribution in [2.45, 2.75) is 40.9 Å². The number of hydrogen-bond donors (Lipinski definition) is 2. The Labute approximate surface area is 145 Å². The van der Waals surface area contributed by atoms with Crippen molar-refractivity contribution in [3.63, 3.8) is 0 Å². The van der Waals surface area contributed by atoms with Crippen molar-refractivity contribution in [3.8, 4) is 0 Å². The molecule has 2 heterocycles. The second-order valence-electron chi connectivity index (χ2n) is 6.33. The number of rotatable bonds is 4. The van der Waals surface area contributed by atoms with Gasteiger partial charge in [-0.15, -0.1) is 0 Å². The van der Waals surface area contributed by atoms with Crippen molar-refractivity contribution in [3.05, 3.63) is 30.1 Å². The molecule has 2 fully saturated rings. The Bertz CT molecular complexity index is 883. The SMILES string of the molecule is CC1(C)[C@H](C(=O)O)N2C(=O)[C@@H](NS(=O)(=O)c3ccc(F)cc3)[C@H]2S1=O. The van der Waals surface area contributed by atoms with Gasteiger partial charge in [-0.3, -0.25) is 9.00 Å². The highest BCUT2D eigenvalue weighted by molar-refractivity contribution is 7.90. The molecule has 1 aromatic carbocycles. The second kappa shape index (κ2) is 5.58. The van der Waals surface area contributed by atoms with Gasteiger partial charge in [0.2, 0.25) is 15.9 Å². The molecule has 0 aliphatic carbocycles. The third-order valence-corrected chi connectivity index (χ3v) is 8.05. The van der Waals surface area contributed by atoms with E-state index in [-0.39, 0.29) is 4.90 Å². The van der Waals surface area contributed by atoms with Crippen LogP contribution in [0.15, 0.2) is 29.2 Å². The van der Waals surface area contributed by atoms with Gasteiger partial charge >= 0.3 is 5.97 Å². The van der Waals surface area contributed by atoms with Crippen LogP contribution in [-0.2, 0) is 30.4 Å². The third kappa shape index (κ3) is 2.57. The van der Waals surface area contributed by atoms with Gasteiger partial charge in [-0.25, -0.2) is 17.6 Å². The first-order valence-corrected chi connectivity index (χ1v) is 9.91. The second-order valence-corrected chi connectivity index (χ2v) is 10.2. The third-order valence-electron chi connectivity index (χ3n) is 4.39. The molecular weight excluding hydrogens is 375 g/mol. The summed E-state index contributed by atoms with van der Waals surface area (Å²) in [5, 5.41) is 8.27. The zero-order valence-electron chi connectivity index (χ0n) is 13.2. The summed E-state index contributed by atoms with van der Waals surface area (Å²) >= 11 is 0. The summed E-state index contributed by atoms with van der Waals surface area (Å²) in [4.78, 5) is 24.4. The summed E-state index contributed by atoms with van der Waals surface area (Å²) < 4.78 is 51.2. The molecule has 0 spiro atoms. The molecule has 0 aromatic heterocycles. The molecule has 1 aromatic rings. The lowest BCUT2D eigenvalue weighted by atomic mass is 9.96. The first-order chi connectivity index (χ1) is 11.5. The van der Waals surface area contributed by atoms with E-state index in [0.29, 0.717) is 0 Å². The van der Waals surface area contributed by atoms with Gasteiger partial charge in [0.15, 0.2) is 0 Å². The monoisotopic (exact) mass is 390 g/mol. The van der Waals surface area contributed by atoms with E-state index in [4.69, 9.17) is 0 Å². The number of sulfonamides is 1. The molecule has 2 saturated heterocycles. The molecule has 3 rings (SSSR count). The average Bonchev–Trinajstić information content (AvgIpc) is 2.70. The van der Waals surface area contributed by atoms with E-state index >= 15 is 0 Å². The first-order valence-electron chi connectivity index (χ1n) is 7.22. The van der Waals surface area contributed by atoms with Crippen molar-refractivity contribution in [2.24, 2.45) is 0 Å². The fraction of sp³-hybridized carbons (Fsp3) is 0.429. The highest BCUT2D eigenvalue weighted by atomic mass is 32.2. The Morgan fingerprint density at radius 1 is 1.32 bits per heavy atom. The van der Waals surface area contributed by atoms with Gasteiger partial charge in [-0.05, 0) is 38.1 Å². The van der Waals surface area contributed by atoms with Crippen molar-refractivity contribution in [1.29, 1.82) is 0 Å². The van der Waals surface area contributed by atoms with Gasteiger partial charge in [0.1, 0.15) is 23.3 Å². The molecule has 25 heavy (non-hydrogen) atoms. The molecule has 2 aliphatic rings. The number of nitrogens with zero attached hydrogens (tertiary/aromatic N) is 1. The Morgan fingerprint density at radius 2 is 1.88 bits per heavy atom. The highest BCUT2D eigenvalue weighted by Crippen LogP contribution is 2.43. The number of benzene rings is 1. The van der Waals surface area contributed by atoms with Crippen LogP contribution in [0.4, 0.5) is 4.39 Å². The molecule has 1 amide bonds. The zero-order valence-corrected chi connectivity index (χ0v) is 14.8. The number of nitrogens with one attached hydrogen (secondary N) is 1. The van der Waals surface area contributed by atoms with Gasteiger partial charge in [0.05, 0.1) is 20.4 Å². The molecule has 8 nitrogen and oxygen atoms in total. The molecule has 0 radical (unpaired) electrons. The number of carbonyl (C=O) groups is 2. The Morgan fingerprint density at radius 3 is 2.40 bits per heavy atom. The van der Waals surface area contributed by atoms with Crippen LogP contribution in [0.1, 0.15) is 13.8 Å². The van der Waals surface area contributed by atoms with Crippen LogP contribution in [0.5, 0.6) is 0 Å². The zero-order chi connectivity index (χ0) is 18.7. The van der Waals surface area contributed by atoms with Gasteiger partial charge in [0, 0.05) is 0 Å². The summed E-state index contributed by atoms with van der Waals surface area (Å²) in [7, 11) is -5.93. The van der Waals surface area contributed by atoms with Crippen molar-refractivity contribution >= 4 is 32.7 Å². The van der Waals surface area contributed by atoms with Gasteiger partial charge in [-0.1, -0.05) is 0 Å². The van der Waals surface area contributed by atoms with Crippen molar-refractivity contribution in [2.75, 3.05) is 0 Å². The maximum Gasteiger partial charge on any atom is 0.328 e. The number of fused-ring (bicyclic) bond motifs is 1. The van der Waals surface area contributed by atoms with E-state index in [1.807, 2.05) is 0 Å². The van der Waals surface area contributed by atoms with Crippen LogP contribution in [0, 0.1) is 5.82 Å². The summed E-state index contributed by atoms with van der Waals surface area (Å²) in [6.07, 6.45) is 0. The lowest BCUT2D eigenvalue weighted by Crippen LogP contribution is -2.71. The predicted octanol–water partition coefficient (Wildman–Crippen LogP) is -0.365. The van der Waals surface area contributed by atoms with Crippen LogP contribution in [-0.4, -0.2) is 56.7 Å². The molecule has 136 valence electrons. The molecule has 0 bridgehead atoms. The number of β-lactam (4-membered cyclic amide) rings is 1. The minimum atomic E-state index is -4.15. The number of aliphatic carboxylic acids is 1. The lowest BCUT2D eigenvalue weighted by Gasteiger charge is -2.42. The molecule has 1 unspecified atom stereocenters. The molecule has 2 aliphatic heterocycles. The lowest BCUT2D eigenvalue weighted by molar-refractivity contribution is -0.159. The minimum absolute atomic E-state index is 0.252. The summed E-state index contributed by atoms with van der Waals surface area (Å²) in [5.41, 5.74) is 0. The fourth-order valence-electron chi connectivity index (χ4n) is 3.12. The molecule has 0 saturated carbocycles. The van der Waals surface area contributed by atoms with Crippen LogP contribution in [0.3, 0.4) is 0 Å². The van der Waals surface area contributed by atoms with E-state index in [9.17, 15) is 31.7 Å². The Balaban J connectivity index is 1.89. The Hall–Kier alpha value is -1.85. The molecule has 11 heteroatoms. The van der Waals surface area contributed by atoms with Gasteiger partial charge in [-0.2, -0.15) is 4.72 Å². The van der Waals surface area contributed by atoms with Crippen molar-refractivity contribution < 1.29 is 31.7 Å². The number of hydrogen-bond acceptors (Lipinski definition) is 5. The van der Waals surface area contributed by atoms with Crippen molar-refractivity contribution in [1.82, 2.24) is 9.62 Å². The van der Waals surface area contributed by atoms with E-state index in [1.165, 1.54) is 13.8 Å². The summed E-state index contributed by atoms with van der Waals surface area (Å²) in [6.45, 7) is 2.91. The van der Waals surface area contributed by atoms with Gasteiger partial charge in [0.25, 0.3) is 0 Å². The van der Waals surface area contributed by atoms with E-state index in [1.54, 1.807) is 0 Å². The topological polar surface area (TPSA) is 121 Å². The highest BCUT2D eigenvalue weighted by Gasteiger charge is 2.68. The maximum atomic E-state index is 12.9. The molecular formula is C14H15FN2O6S2. The number of halogens is 1. The summed E-state index contributed by atoms with van der Waals surface area (Å²) in [6, 6.07) is 1.38. The largest absolute Gasteiger partial charge is 0.480 e. The standard InChI is InChI=1S/C14H15FN2O6S2/c1-14(2)10(13(19)20)17-11(18)9(12(17)24(14)21)16-25(22,23)8-5-3-7(15)4-6-8/h3-6,9-10,12,16H,1-2H3,(H,19,20)/t9-,10+,12-,24?/m1/s1. The van der Waals surface area contributed by atoms with Crippen LogP contribution in [0.25, 0.3) is 0 Å². The van der Waals surface area contributed by atoms with Gasteiger partial charge < -0.3 is 10.0 Å². The normalized spacial score (nSPS) is 30.7. The van der Waals surface area contributed by atoms with E-state index in [0.717, 1.165) is 29.2 Å². The smallest absolute Gasteiger partial charge is 0.328 e. The van der Waals surface area contributed by atoms with E-state index in [2.05, 4.69) is 4.72 Å².